The first-order valence-electron chi connectivity index (χ1n) is 8.05. The molecule has 0 bridgehead atoms. The summed E-state index contributed by atoms with van der Waals surface area (Å²) in [4.78, 5) is 14.5. The van der Waals surface area contributed by atoms with E-state index in [1.54, 1.807) is 0 Å². The van der Waals surface area contributed by atoms with Crippen LogP contribution >= 0.6 is 0 Å². The number of fused-ring (bicyclic) bond motifs is 1. The maximum absolute atomic E-state index is 12.7. The van der Waals surface area contributed by atoms with Gasteiger partial charge >= 0.3 is 0 Å². The van der Waals surface area contributed by atoms with Gasteiger partial charge in [-0.15, -0.1) is 0 Å². The number of benzene rings is 2. The summed E-state index contributed by atoms with van der Waals surface area (Å²) in [5.41, 5.74) is 12.2. The molecular formula is C19H23N3O. The van der Waals surface area contributed by atoms with Gasteiger partial charge in [-0.2, -0.15) is 0 Å². The maximum atomic E-state index is 12.7. The Bertz CT molecular complexity index is 719. The lowest BCUT2D eigenvalue weighted by Crippen LogP contribution is -2.39. The second-order valence-corrected chi connectivity index (χ2v) is 6.11. The summed E-state index contributed by atoms with van der Waals surface area (Å²) < 4.78 is 0. The number of aryl methyl sites for hydroxylation is 2. The fourth-order valence-corrected chi connectivity index (χ4v) is 3.26. The minimum absolute atomic E-state index is 0.0826. The highest BCUT2D eigenvalue weighted by molar-refractivity contribution is 5.98. The van der Waals surface area contributed by atoms with Crippen molar-refractivity contribution in [3.63, 3.8) is 0 Å². The highest BCUT2D eigenvalue weighted by Crippen LogP contribution is 2.31. The van der Waals surface area contributed by atoms with Crippen LogP contribution in [-0.4, -0.2) is 19.0 Å². The van der Waals surface area contributed by atoms with Crippen molar-refractivity contribution in [1.29, 1.82) is 0 Å². The van der Waals surface area contributed by atoms with Crippen LogP contribution in [0.25, 0.3) is 0 Å². The van der Waals surface area contributed by atoms with Gasteiger partial charge in [0.2, 0.25) is 5.91 Å². The minimum Gasteiger partial charge on any atom is -0.398 e. The first-order valence-corrected chi connectivity index (χ1v) is 8.05. The number of anilines is 3. The van der Waals surface area contributed by atoms with Crippen LogP contribution in [-0.2, 0) is 11.2 Å². The summed E-state index contributed by atoms with van der Waals surface area (Å²) >= 11 is 0. The molecule has 2 aromatic rings. The van der Waals surface area contributed by atoms with Gasteiger partial charge in [-0.25, -0.2) is 0 Å². The third-order valence-corrected chi connectivity index (χ3v) is 4.49. The third-order valence-electron chi connectivity index (χ3n) is 4.49. The minimum atomic E-state index is 0.0826. The summed E-state index contributed by atoms with van der Waals surface area (Å²) in [7, 11) is 0. The highest BCUT2D eigenvalue weighted by atomic mass is 16.2. The number of rotatable bonds is 3. The van der Waals surface area contributed by atoms with Crippen LogP contribution in [0.4, 0.5) is 17.1 Å². The van der Waals surface area contributed by atoms with E-state index in [-0.39, 0.29) is 5.91 Å². The molecule has 0 fully saturated rings. The predicted octanol–water partition coefficient (Wildman–Crippen LogP) is 3.28. The van der Waals surface area contributed by atoms with Crippen LogP contribution in [0, 0.1) is 13.8 Å². The van der Waals surface area contributed by atoms with E-state index >= 15 is 0 Å². The highest BCUT2D eigenvalue weighted by Gasteiger charge is 2.23. The van der Waals surface area contributed by atoms with Crippen molar-refractivity contribution >= 4 is 23.0 Å². The number of carbonyl (C=O) groups excluding carboxylic acids is 1. The number of nitrogens with zero attached hydrogens (tertiary/aromatic N) is 1. The van der Waals surface area contributed by atoms with E-state index in [2.05, 4.69) is 31.3 Å². The number of hydrogen-bond acceptors (Lipinski definition) is 3. The van der Waals surface area contributed by atoms with Crippen molar-refractivity contribution < 1.29 is 4.79 Å². The van der Waals surface area contributed by atoms with E-state index in [1.807, 2.05) is 29.2 Å². The molecule has 1 amide bonds. The van der Waals surface area contributed by atoms with Crippen LogP contribution in [0.2, 0.25) is 0 Å². The van der Waals surface area contributed by atoms with Crippen LogP contribution < -0.4 is 16.0 Å². The monoisotopic (exact) mass is 309 g/mol. The molecule has 0 spiro atoms. The van der Waals surface area contributed by atoms with Crippen molar-refractivity contribution in [2.24, 2.45) is 0 Å². The summed E-state index contributed by atoms with van der Waals surface area (Å²) in [6.45, 7) is 5.15. The van der Waals surface area contributed by atoms with Crippen molar-refractivity contribution in [3.05, 3.63) is 53.1 Å². The molecule has 1 heterocycles. The molecule has 2 aromatic carbocycles. The Kier molecular flexibility index (Phi) is 4.24. The van der Waals surface area contributed by atoms with Gasteiger partial charge in [-0.1, -0.05) is 24.3 Å². The molecule has 0 radical (unpaired) electrons. The topological polar surface area (TPSA) is 58.4 Å². The molecule has 120 valence electrons. The largest absolute Gasteiger partial charge is 0.398 e. The summed E-state index contributed by atoms with van der Waals surface area (Å²) in [6, 6.07) is 11.9. The Morgan fingerprint density at radius 3 is 2.61 bits per heavy atom. The van der Waals surface area contributed by atoms with E-state index in [4.69, 9.17) is 5.73 Å². The van der Waals surface area contributed by atoms with E-state index < -0.39 is 0 Å². The van der Waals surface area contributed by atoms with Crippen molar-refractivity contribution in [1.82, 2.24) is 0 Å². The summed E-state index contributed by atoms with van der Waals surface area (Å²) in [6.07, 6.45) is 1.90. The van der Waals surface area contributed by atoms with Crippen molar-refractivity contribution in [2.75, 3.05) is 29.0 Å². The van der Waals surface area contributed by atoms with Crippen LogP contribution in [0.3, 0.4) is 0 Å². The number of carbonyl (C=O) groups is 1. The molecule has 3 rings (SSSR count). The number of amides is 1. The lowest BCUT2D eigenvalue weighted by Gasteiger charge is -2.30. The molecule has 1 aliphatic heterocycles. The zero-order valence-electron chi connectivity index (χ0n) is 13.7. The second kappa shape index (κ2) is 6.32. The van der Waals surface area contributed by atoms with Gasteiger partial charge in [-0.05, 0) is 55.5 Å². The van der Waals surface area contributed by atoms with E-state index in [9.17, 15) is 4.79 Å². The van der Waals surface area contributed by atoms with Gasteiger partial charge in [0.15, 0.2) is 0 Å². The molecule has 23 heavy (non-hydrogen) atoms. The molecule has 1 aliphatic rings. The molecule has 4 heteroatoms. The van der Waals surface area contributed by atoms with E-state index in [1.165, 1.54) is 0 Å². The fraction of sp³-hybridized carbons (Fsp3) is 0.316. The number of hydrogen-bond donors (Lipinski definition) is 2. The Morgan fingerprint density at radius 1 is 1.17 bits per heavy atom. The van der Waals surface area contributed by atoms with Crippen LogP contribution in [0.15, 0.2) is 36.4 Å². The molecule has 0 aliphatic carbocycles. The maximum Gasteiger partial charge on any atom is 0.246 e. The number of nitrogens with two attached hydrogens (primary N) is 1. The van der Waals surface area contributed by atoms with Crippen LogP contribution in [0.5, 0.6) is 0 Å². The Balaban J connectivity index is 1.77. The van der Waals surface area contributed by atoms with Gasteiger partial charge in [0.1, 0.15) is 0 Å². The molecule has 4 nitrogen and oxygen atoms in total. The number of para-hydroxylation sites is 1. The Morgan fingerprint density at radius 2 is 1.87 bits per heavy atom. The van der Waals surface area contributed by atoms with E-state index in [0.29, 0.717) is 6.54 Å². The third kappa shape index (κ3) is 3.02. The first kappa shape index (κ1) is 15.4. The molecule has 0 atom stereocenters. The predicted molar refractivity (Wildman–Crippen MR) is 95.9 cm³/mol. The van der Waals surface area contributed by atoms with Gasteiger partial charge in [0, 0.05) is 23.6 Å². The van der Waals surface area contributed by atoms with Gasteiger partial charge in [0.25, 0.3) is 0 Å². The summed E-state index contributed by atoms with van der Waals surface area (Å²) in [5, 5.41) is 3.30. The van der Waals surface area contributed by atoms with Gasteiger partial charge < -0.3 is 16.0 Å². The SMILES string of the molecule is Cc1cccc(C)c1NCC(=O)N1CCCc2c(N)cccc21. The molecule has 0 saturated carbocycles. The van der Waals surface area contributed by atoms with Gasteiger partial charge in [0.05, 0.1) is 6.54 Å². The first-order chi connectivity index (χ1) is 11.1. The molecule has 3 N–H and O–H groups in total. The fourth-order valence-electron chi connectivity index (χ4n) is 3.26. The zero-order valence-corrected chi connectivity index (χ0v) is 13.7. The number of nitrogen functional groups attached to an aromatic ring is 1. The van der Waals surface area contributed by atoms with Gasteiger partial charge in [-0.3, -0.25) is 4.79 Å². The van der Waals surface area contributed by atoms with Crippen molar-refractivity contribution in [2.45, 2.75) is 26.7 Å². The average molecular weight is 309 g/mol. The number of nitrogens with one attached hydrogen (secondary N) is 1. The Hall–Kier alpha value is -2.49. The lowest BCUT2D eigenvalue weighted by atomic mass is 10.00. The zero-order chi connectivity index (χ0) is 16.4. The molecular weight excluding hydrogens is 286 g/mol. The second-order valence-electron chi connectivity index (χ2n) is 6.11. The Labute approximate surface area is 137 Å². The smallest absolute Gasteiger partial charge is 0.246 e. The lowest BCUT2D eigenvalue weighted by molar-refractivity contribution is -0.117. The molecule has 0 aromatic heterocycles. The average Bonchev–Trinajstić information content (AvgIpc) is 2.54. The van der Waals surface area contributed by atoms with Crippen molar-refractivity contribution in [3.8, 4) is 0 Å². The van der Waals surface area contributed by atoms with Crippen LogP contribution in [0.1, 0.15) is 23.1 Å². The standard InChI is InChI=1S/C19H23N3O/c1-13-6-3-7-14(2)19(13)21-12-18(23)22-11-5-8-15-16(20)9-4-10-17(15)22/h3-4,6-7,9-10,21H,5,8,11-12,20H2,1-2H3. The quantitative estimate of drug-likeness (QED) is 0.856. The molecule has 0 saturated heterocycles. The summed E-state index contributed by atoms with van der Waals surface area (Å²) in [5.74, 6) is 0.0826. The molecule has 0 unspecified atom stereocenters. The van der Waals surface area contributed by atoms with E-state index in [0.717, 1.165) is 53.1 Å². The normalized spacial score (nSPS) is 13.6.